The zero-order chi connectivity index (χ0) is 12.4. The molecule has 0 heterocycles. The molecule has 0 bridgehead atoms. The normalized spacial score (nSPS) is 23.6. The van der Waals surface area contributed by atoms with Crippen LogP contribution >= 0.6 is 11.6 Å². The maximum absolute atomic E-state index is 11.0. The Morgan fingerprint density at radius 1 is 1.41 bits per heavy atom. The molecular formula is C12H16ClN3O. The van der Waals surface area contributed by atoms with Crippen LogP contribution in [0.5, 0.6) is 0 Å². The number of benzene rings is 1. The van der Waals surface area contributed by atoms with E-state index in [1.54, 1.807) is 12.1 Å². The van der Waals surface area contributed by atoms with Crippen molar-refractivity contribution >= 4 is 23.2 Å². The molecule has 5 N–H and O–H groups in total. The number of anilines is 1. The SMILES string of the molecule is NC(=O)c1ccc(NC2CCC(N)C2)cc1Cl. The van der Waals surface area contributed by atoms with Crippen molar-refractivity contribution in [2.75, 3.05) is 5.32 Å². The highest BCUT2D eigenvalue weighted by Gasteiger charge is 2.21. The summed E-state index contributed by atoms with van der Waals surface area (Å²) in [5.74, 6) is -0.510. The van der Waals surface area contributed by atoms with Gasteiger partial charge in [0.25, 0.3) is 0 Å². The number of carbonyl (C=O) groups excluding carboxylic acids is 1. The predicted octanol–water partition coefficient (Wildman–Crippen LogP) is 1.73. The van der Waals surface area contributed by atoms with Crippen molar-refractivity contribution in [3.8, 4) is 0 Å². The Labute approximate surface area is 105 Å². The first-order chi connectivity index (χ1) is 8.06. The number of nitrogens with two attached hydrogens (primary N) is 2. The van der Waals surface area contributed by atoms with Gasteiger partial charge >= 0.3 is 0 Å². The van der Waals surface area contributed by atoms with Gasteiger partial charge in [-0.1, -0.05) is 11.6 Å². The first kappa shape index (κ1) is 12.2. The molecule has 0 saturated heterocycles. The number of primary amides is 1. The quantitative estimate of drug-likeness (QED) is 0.767. The monoisotopic (exact) mass is 253 g/mol. The maximum Gasteiger partial charge on any atom is 0.250 e. The molecule has 1 aliphatic carbocycles. The molecule has 0 radical (unpaired) electrons. The van der Waals surface area contributed by atoms with Gasteiger partial charge < -0.3 is 16.8 Å². The van der Waals surface area contributed by atoms with Crippen molar-refractivity contribution in [3.05, 3.63) is 28.8 Å². The molecule has 1 aromatic carbocycles. The summed E-state index contributed by atoms with van der Waals surface area (Å²) in [4.78, 5) is 11.0. The van der Waals surface area contributed by atoms with E-state index >= 15 is 0 Å². The minimum Gasteiger partial charge on any atom is -0.382 e. The largest absolute Gasteiger partial charge is 0.382 e. The average Bonchev–Trinajstić information content (AvgIpc) is 2.63. The lowest BCUT2D eigenvalue weighted by Gasteiger charge is -2.14. The summed E-state index contributed by atoms with van der Waals surface area (Å²) in [6, 6.07) is 5.86. The van der Waals surface area contributed by atoms with Gasteiger partial charge in [0.1, 0.15) is 0 Å². The minimum absolute atomic E-state index is 0.285. The number of halogens is 1. The van der Waals surface area contributed by atoms with E-state index in [4.69, 9.17) is 23.1 Å². The standard InChI is InChI=1S/C12H16ClN3O/c13-11-6-9(3-4-10(11)12(15)17)16-8-2-1-7(14)5-8/h3-4,6-8,16H,1-2,5,14H2,(H2,15,17). The van der Waals surface area contributed by atoms with Crippen LogP contribution in [0.15, 0.2) is 18.2 Å². The lowest BCUT2D eigenvalue weighted by molar-refractivity contribution is 0.100. The van der Waals surface area contributed by atoms with Gasteiger partial charge in [0.2, 0.25) is 5.91 Å². The van der Waals surface area contributed by atoms with Crippen LogP contribution in [0.3, 0.4) is 0 Å². The summed E-state index contributed by atoms with van der Waals surface area (Å²) in [6.07, 6.45) is 3.08. The fourth-order valence-corrected chi connectivity index (χ4v) is 2.46. The van der Waals surface area contributed by atoms with Crippen molar-refractivity contribution in [1.82, 2.24) is 0 Å². The van der Waals surface area contributed by atoms with Crippen LogP contribution < -0.4 is 16.8 Å². The van der Waals surface area contributed by atoms with Gasteiger partial charge in [-0.3, -0.25) is 4.79 Å². The van der Waals surface area contributed by atoms with Gasteiger partial charge in [-0.15, -0.1) is 0 Å². The van der Waals surface area contributed by atoms with Gasteiger partial charge in [0, 0.05) is 17.8 Å². The highest BCUT2D eigenvalue weighted by Crippen LogP contribution is 2.25. The van der Waals surface area contributed by atoms with E-state index in [1.165, 1.54) is 0 Å². The molecule has 1 fully saturated rings. The second kappa shape index (κ2) is 4.94. The highest BCUT2D eigenvalue weighted by atomic mass is 35.5. The Bertz CT molecular complexity index is 436. The Morgan fingerprint density at radius 3 is 2.71 bits per heavy atom. The Morgan fingerprint density at radius 2 is 2.18 bits per heavy atom. The third kappa shape index (κ3) is 2.90. The van der Waals surface area contributed by atoms with E-state index in [2.05, 4.69) is 5.32 Å². The van der Waals surface area contributed by atoms with E-state index in [0.29, 0.717) is 16.6 Å². The number of carbonyl (C=O) groups is 1. The minimum atomic E-state index is -0.510. The van der Waals surface area contributed by atoms with Crippen molar-refractivity contribution in [2.24, 2.45) is 11.5 Å². The molecule has 0 aromatic heterocycles. The summed E-state index contributed by atoms with van der Waals surface area (Å²) < 4.78 is 0. The molecule has 0 aliphatic heterocycles. The lowest BCUT2D eigenvalue weighted by Crippen LogP contribution is -2.20. The van der Waals surface area contributed by atoms with Crippen LogP contribution in [-0.4, -0.2) is 18.0 Å². The van der Waals surface area contributed by atoms with Crippen LogP contribution in [0.2, 0.25) is 5.02 Å². The molecule has 1 amide bonds. The van der Waals surface area contributed by atoms with Crippen molar-refractivity contribution in [3.63, 3.8) is 0 Å². The topological polar surface area (TPSA) is 81.1 Å². The summed E-state index contributed by atoms with van der Waals surface area (Å²) in [6.45, 7) is 0. The Balaban J connectivity index is 2.07. The lowest BCUT2D eigenvalue weighted by atomic mass is 10.1. The molecule has 1 aliphatic rings. The van der Waals surface area contributed by atoms with Gasteiger partial charge in [0.05, 0.1) is 10.6 Å². The second-order valence-corrected chi connectivity index (χ2v) is 4.88. The third-order valence-corrected chi connectivity index (χ3v) is 3.39. The van der Waals surface area contributed by atoms with Gasteiger partial charge in [-0.2, -0.15) is 0 Å². The summed E-state index contributed by atoms with van der Waals surface area (Å²) >= 11 is 5.97. The van der Waals surface area contributed by atoms with Crippen LogP contribution in [0.25, 0.3) is 0 Å². The van der Waals surface area contributed by atoms with E-state index in [0.717, 1.165) is 24.9 Å². The number of hydrogen-bond acceptors (Lipinski definition) is 3. The highest BCUT2D eigenvalue weighted by molar-refractivity contribution is 6.34. The Hall–Kier alpha value is -1.26. The molecule has 0 spiro atoms. The summed E-state index contributed by atoms with van der Waals surface area (Å²) in [5, 5.41) is 3.74. The average molecular weight is 254 g/mol. The van der Waals surface area contributed by atoms with Crippen molar-refractivity contribution in [2.45, 2.75) is 31.3 Å². The van der Waals surface area contributed by atoms with Gasteiger partial charge in [-0.25, -0.2) is 0 Å². The molecule has 2 unspecified atom stereocenters. The molecule has 4 nitrogen and oxygen atoms in total. The molecular weight excluding hydrogens is 238 g/mol. The Kier molecular flexibility index (Phi) is 3.54. The number of amides is 1. The summed E-state index contributed by atoms with van der Waals surface area (Å²) in [5.41, 5.74) is 12.3. The molecule has 2 rings (SSSR count). The smallest absolute Gasteiger partial charge is 0.250 e. The zero-order valence-electron chi connectivity index (χ0n) is 9.45. The summed E-state index contributed by atoms with van der Waals surface area (Å²) in [7, 11) is 0. The molecule has 2 atom stereocenters. The number of hydrogen-bond donors (Lipinski definition) is 3. The van der Waals surface area contributed by atoms with E-state index < -0.39 is 5.91 Å². The zero-order valence-corrected chi connectivity index (χ0v) is 10.2. The first-order valence-electron chi connectivity index (χ1n) is 5.67. The molecule has 1 saturated carbocycles. The fraction of sp³-hybridized carbons (Fsp3) is 0.417. The van der Waals surface area contributed by atoms with Crippen LogP contribution in [0.1, 0.15) is 29.6 Å². The molecule has 5 heteroatoms. The number of nitrogens with one attached hydrogen (secondary N) is 1. The van der Waals surface area contributed by atoms with Crippen LogP contribution in [0.4, 0.5) is 5.69 Å². The van der Waals surface area contributed by atoms with Crippen LogP contribution in [0, 0.1) is 0 Å². The van der Waals surface area contributed by atoms with E-state index in [9.17, 15) is 4.79 Å². The van der Waals surface area contributed by atoms with Gasteiger partial charge in [-0.05, 0) is 37.5 Å². The van der Waals surface area contributed by atoms with Crippen molar-refractivity contribution in [1.29, 1.82) is 0 Å². The van der Waals surface area contributed by atoms with Crippen LogP contribution in [-0.2, 0) is 0 Å². The maximum atomic E-state index is 11.0. The van der Waals surface area contributed by atoms with Gasteiger partial charge in [0.15, 0.2) is 0 Å². The second-order valence-electron chi connectivity index (χ2n) is 4.47. The van der Waals surface area contributed by atoms with Crippen molar-refractivity contribution < 1.29 is 4.79 Å². The first-order valence-corrected chi connectivity index (χ1v) is 6.05. The fourth-order valence-electron chi connectivity index (χ4n) is 2.19. The molecule has 17 heavy (non-hydrogen) atoms. The molecule has 1 aromatic rings. The third-order valence-electron chi connectivity index (χ3n) is 3.08. The van der Waals surface area contributed by atoms with E-state index in [1.807, 2.05) is 6.07 Å². The predicted molar refractivity (Wildman–Crippen MR) is 69.2 cm³/mol. The van der Waals surface area contributed by atoms with E-state index in [-0.39, 0.29) is 6.04 Å². The number of rotatable bonds is 3. The molecule has 92 valence electrons.